The van der Waals surface area contributed by atoms with E-state index in [4.69, 9.17) is 4.74 Å². The first-order valence-corrected chi connectivity index (χ1v) is 10.2. The average Bonchev–Trinajstić information content (AvgIpc) is 3.15. The quantitative estimate of drug-likeness (QED) is 0.301. The van der Waals surface area contributed by atoms with Crippen LogP contribution in [0.15, 0.2) is 95.5 Å². The molecule has 0 radical (unpaired) electrons. The fourth-order valence-corrected chi connectivity index (χ4v) is 3.77. The molecule has 4 aromatic carbocycles. The largest absolute Gasteiger partial charge is 0.426 e. The molecular formula is C25H16BrFN2O. The summed E-state index contributed by atoms with van der Waals surface area (Å²) in [5.74, 6) is 0.327. The fraction of sp³-hybridized carbons (Fsp3) is 0. The first kappa shape index (κ1) is 18.6. The zero-order valence-electron chi connectivity index (χ0n) is 15.8. The third kappa shape index (κ3) is 3.72. The van der Waals surface area contributed by atoms with E-state index in [0.29, 0.717) is 28.4 Å². The number of benzene rings is 4. The third-order valence-corrected chi connectivity index (χ3v) is 5.36. The highest BCUT2D eigenvalue weighted by Gasteiger charge is 2.12. The molecule has 0 aliphatic rings. The molecule has 0 aliphatic carbocycles. The van der Waals surface area contributed by atoms with Crippen LogP contribution >= 0.6 is 15.9 Å². The molecule has 146 valence electrons. The standard InChI is InChI=1S/C25H16BrFN2O/c26-19-7-4-8-20(13-19)30-25-28-23-14-21(22(27)15-24(23)29-25)18-11-9-17(10-12-18)16-5-2-1-3-6-16/h1-15H,(H,28,29). The summed E-state index contributed by atoms with van der Waals surface area (Å²) in [5.41, 5.74) is 4.74. The Morgan fingerprint density at radius 1 is 0.767 bits per heavy atom. The van der Waals surface area contributed by atoms with Crippen LogP contribution in [0, 0.1) is 5.82 Å². The minimum Gasteiger partial charge on any atom is -0.426 e. The van der Waals surface area contributed by atoms with Crippen LogP contribution in [0.2, 0.25) is 0 Å². The van der Waals surface area contributed by atoms with Gasteiger partial charge in [-0.3, -0.25) is 0 Å². The molecule has 0 aliphatic heterocycles. The molecule has 1 heterocycles. The number of halogens is 2. The third-order valence-electron chi connectivity index (χ3n) is 4.86. The Morgan fingerprint density at radius 3 is 2.27 bits per heavy atom. The highest BCUT2D eigenvalue weighted by Crippen LogP contribution is 2.31. The van der Waals surface area contributed by atoms with Gasteiger partial charge in [-0.15, -0.1) is 0 Å². The van der Waals surface area contributed by atoms with Crippen molar-refractivity contribution in [2.24, 2.45) is 0 Å². The second-order valence-electron chi connectivity index (χ2n) is 6.89. The number of imidazole rings is 1. The summed E-state index contributed by atoms with van der Waals surface area (Å²) in [6.07, 6.45) is 0. The van der Waals surface area contributed by atoms with Crippen LogP contribution in [0.4, 0.5) is 4.39 Å². The van der Waals surface area contributed by atoms with Gasteiger partial charge in [-0.1, -0.05) is 76.6 Å². The number of fused-ring (bicyclic) bond motifs is 1. The summed E-state index contributed by atoms with van der Waals surface area (Å²) in [7, 11) is 0. The lowest BCUT2D eigenvalue weighted by atomic mass is 10.00. The van der Waals surface area contributed by atoms with E-state index in [-0.39, 0.29) is 5.82 Å². The average molecular weight is 459 g/mol. The second-order valence-corrected chi connectivity index (χ2v) is 7.81. The van der Waals surface area contributed by atoms with Crippen molar-refractivity contribution in [3.8, 4) is 34.0 Å². The van der Waals surface area contributed by atoms with E-state index in [0.717, 1.165) is 21.2 Å². The van der Waals surface area contributed by atoms with E-state index < -0.39 is 0 Å². The number of hydrogen-bond donors (Lipinski definition) is 1. The molecule has 1 N–H and O–H groups in total. The van der Waals surface area contributed by atoms with E-state index in [2.05, 4.69) is 38.0 Å². The van der Waals surface area contributed by atoms with Gasteiger partial charge in [-0.25, -0.2) is 4.39 Å². The number of ether oxygens (including phenoxy) is 1. The maximum Gasteiger partial charge on any atom is 0.300 e. The lowest BCUT2D eigenvalue weighted by Crippen LogP contribution is -1.86. The van der Waals surface area contributed by atoms with Gasteiger partial charge in [0.05, 0.1) is 11.0 Å². The van der Waals surface area contributed by atoms with Gasteiger partial charge < -0.3 is 9.72 Å². The zero-order valence-corrected chi connectivity index (χ0v) is 17.4. The van der Waals surface area contributed by atoms with Crippen LogP contribution in [0.5, 0.6) is 11.8 Å². The first-order valence-electron chi connectivity index (χ1n) is 9.44. The van der Waals surface area contributed by atoms with E-state index in [1.807, 2.05) is 66.7 Å². The lowest BCUT2D eigenvalue weighted by molar-refractivity contribution is 0.449. The molecule has 1 aromatic heterocycles. The van der Waals surface area contributed by atoms with Crippen molar-refractivity contribution in [1.82, 2.24) is 9.97 Å². The molecule has 0 bridgehead atoms. The minimum atomic E-state index is -0.312. The fourth-order valence-electron chi connectivity index (χ4n) is 3.39. The van der Waals surface area contributed by atoms with E-state index in [1.165, 1.54) is 6.07 Å². The van der Waals surface area contributed by atoms with E-state index in [9.17, 15) is 4.39 Å². The molecule has 5 rings (SSSR count). The molecule has 5 aromatic rings. The van der Waals surface area contributed by atoms with Gasteiger partial charge in [0.1, 0.15) is 11.6 Å². The normalized spacial score (nSPS) is 11.0. The molecule has 0 saturated carbocycles. The van der Waals surface area contributed by atoms with Gasteiger partial charge in [0, 0.05) is 16.1 Å². The summed E-state index contributed by atoms with van der Waals surface area (Å²) in [5, 5.41) is 0. The molecule has 0 saturated heterocycles. The van der Waals surface area contributed by atoms with Crippen LogP contribution in [0.25, 0.3) is 33.3 Å². The summed E-state index contributed by atoms with van der Waals surface area (Å²) >= 11 is 3.41. The van der Waals surface area contributed by atoms with Gasteiger partial charge in [0.25, 0.3) is 6.01 Å². The summed E-state index contributed by atoms with van der Waals surface area (Å²) in [4.78, 5) is 7.50. The Bertz CT molecular complexity index is 1330. The smallest absolute Gasteiger partial charge is 0.300 e. The molecule has 3 nitrogen and oxygen atoms in total. The summed E-state index contributed by atoms with van der Waals surface area (Å²) in [6, 6.07) is 28.9. The summed E-state index contributed by atoms with van der Waals surface area (Å²) < 4.78 is 21.5. The zero-order chi connectivity index (χ0) is 20.5. The van der Waals surface area contributed by atoms with E-state index >= 15 is 0 Å². The van der Waals surface area contributed by atoms with Crippen molar-refractivity contribution >= 4 is 27.0 Å². The molecule has 0 fully saturated rings. The Balaban J connectivity index is 1.47. The Labute approximate surface area is 181 Å². The number of aromatic nitrogens is 2. The SMILES string of the molecule is Fc1cc2[nH]c(Oc3cccc(Br)c3)nc2cc1-c1ccc(-c2ccccc2)cc1. The number of rotatable bonds is 4. The van der Waals surface area contributed by atoms with E-state index in [1.54, 1.807) is 6.07 Å². The van der Waals surface area contributed by atoms with Crippen LogP contribution in [0.3, 0.4) is 0 Å². The number of nitrogens with one attached hydrogen (secondary N) is 1. The highest BCUT2D eigenvalue weighted by atomic mass is 79.9. The van der Waals surface area contributed by atoms with Crippen molar-refractivity contribution in [2.45, 2.75) is 0 Å². The predicted octanol–water partition coefficient (Wildman–Crippen LogP) is 7.59. The van der Waals surface area contributed by atoms with Crippen LogP contribution in [-0.2, 0) is 0 Å². The van der Waals surface area contributed by atoms with Crippen LogP contribution in [0.1, 0.15) is 0 Å². The Kier molecular flexibility index (Phi) is 4.81. The maximum absolute atomic E-state index is 14.8. The van der Waals surface area contributed by atoms with Crippen LogP contribution < -0.4 is 4.74 Å². The predicted molar refractivity (Wildman–Crippen MR) is 121 cm³/mol. The van der Waals surface area contributed by atoms with Crippen molar-refractivity contribution in [2.75, 3.05) is 0 Å². The minimum absolute atomic E-state index is 0.312. The van der Waals surface area contributed by atoms with Gasteiger partial charge in [0.2, 0.25) is 0 Å². The van der Waals surface area contributed by atoms with Gasteiger partial charge in [0.15, 0.2) is 0 Å². The Morgan fingerprint density at radius 2 is 1.50 bits per heavy atom. The topological polar surface area (TPSA) is 37.9 Å². The van der Waals surface area contributed by atoms with Gasteiger partial charge >= 0.3 is 0 Å². The highest BCUT2D eigenvalue weighted by molar-refractivity contribution is 9.10. The molecule has 0 unspecified atom stereocenters. The van der Waals surface area contributed by atoms with Gasteiger partial charge in [-0.2, -0.15) is 4.98 Å². The van der Waals surface area contributed by atoms with Gasteiger partial charge in [-0.05, 0) is 41.0 Å². The van der Waals surface area contributed by atoms with Crippen molar-refractivity contribution in [3.05, 3.63) is 101 Å². The molecule has 0 amide bonds. The molecule has 30 heavy (non-hydrogen) atoms. The Hall–Kier alpha value is -3.44. The lowest BCUT2D eigenvalue weighted by Gasteiger charge is -2.06. The van der Waals surface area contributed by atoms with Crippen LogP contribution in [-0.4, -0.2) is 9.97 Å². The molecule has 5 heteroatoms. The number of H-pyrrole nitrogens is 1. The number of aromatic amines is 1. The molecule has 0 spiro atoms. The molecular weight excluding hydrogens is 443 g/mol. The maximum atomic E-state index is 14.8. The second kappa shape index (κ2) is 7.76. The monoisotopic (exact) mass is 458 g/mol. The molecule has 0 atom stereocenters. The number of nitrogens with zero attached hydrogens (tertiary/aromatic N) is 1. The first-order chi connectivity index (χ1) is 14.7. The van der Waals surface area contributed by atoms with Crippen molar-refractivity contribution in [3.63, 3.8) is 0 Å². The van der Waals surface area contributed by atoms with Crippen molar-refractivity contribution < 1.29 is 9.13 Å². The summed E-state index contributed by atoms with van der Waals surface area (Å²) in [6.45, 7) is 0. The number of hydrogen-bond acceptors (Lipinski definition) is 2. The van der Waals surface area contributed by atoms with Crippen molar-refractivity contribution in [1.29, 1.82) is 0 Å².